The molecule has 0 aliphatic carbocycles. The van der Waals surface area contributed by atoms with Gasteiger partial charge in [-0.1, -0.05) is 13.3 Å². The number of hydrogen-bond donors (Lipinski definition) is 0. The molecule has 0 aromatic heterocycles. The van der Waals surface area contributed by atoms with Crippen LogP contribution < -0.4 is 0 Å². The van der Waals surface area contributed by atoms with Crippen LogP contribution >= 0.6 is 11.8 Å². The molecule has 92 valence electrons. The van der Waals surface area contributed by atoms with Crippen LogP contribution in [0.4, 0.5) is 4.79 Å². The number of unbranched alkanes of at least 4 members (excludes halogenated alkanes) is 1. The van der Waals surface area contributed by atoms with Crippen LogP contribution in [-0.4, -0.2) is 47.2 Å². The van der Waals surface area contributed by atoms with Crippen LogP contribution in [-0.2, 0) is 4.74 Å². The molecule has 0 aromatic rings. The number of fused-ring (bicyclic) bond motifs is 2. The topological polar surface area (TPSA) is 32.8 Å². The van der Waals surface area contributed by atoms with Crippen molar-refractivity contribution in [2.45, 2.75) is 44.8 Å². The maximum Gasteiger partial charge on any atom is 0.334 e. The van der Waals surface area contributed by atoms with Crippen molar-refractivity contribution in [3.05, 3.63) is 0 Å². The van der Waals surface area contributed by atoms with Crippen molar-refractivity contribution in [3.8, 4) is 0 Å². The lowest BCUT2D eigenvalue weighted by molar-refractivity contribution is -0.0261. The van der Waals surface area contributed by atoms with E-state index in [4.69, 9.17) is 16.5 Å². The SMILES string of the molecule is CCCCN(Cl)C(=O)N1CC2CCC(C1)O2. The first kappa shape index (κ1) is 12.0. The number of hydrogen-bond acceptors (Lipinski definition) is 2. The van der Waals surface area contributed by atoms with Gasteiger partial charge >= 0.3 is 6.03 Å². The molecule has 2 saturated heterocycles. The highest BCUT2D eigenvalue weighted by molar-refractivity contribution is 6.20. The summed E-state index contributed by atoms with van der Waals surface area (Å²) in [4.78, 5) is 13.8. The Morgan fingerprint density at radius 2 is 2.06 bits per heavy atom. The number of carbonyl (C=O) groups is 1. The van der Waals surface area contributed by atoms with Gasteiger partial charge in [0.05, 0.1) is 12.2 Å². The fraction of sp³-hybridized carbons (Fsp3) is 0.909. The molecule has 2 aliphatic rings. The Morgan fingerprint density at radius 3 is 2.62 bits per heavy atom. The Bertz CT molecular complexity index is 250. The van der Waals surface area contributed by atoms with Crippen molar-refractivity contribution in [2.75, 3.05) is 19.6 Å². The van der Waals surface area contributed by atoms with Crippen molar-refractivity contribution in [2.24, 2.45) is 0 Å². The van der Waals surface area contributed by atoms with Crippen molar-refractivity contribution in [1.29, 1.82) is 0 Å². The average molecular weight is 247 g/mol. The third kappa shape index (κ3) is 2.61. The van der Waals surface area contributed by atoms with E-state index >= 15 is 0 Å². The van der Waals surface area contributed by atoms with Gasteiger partial charge < -0.3 is 9.64 Å². The minimum Gasteiger partial charge on any atom is -0.371 e. The lowest BCUT2D eigenvalue weighted by atomic mass is 10.2. The highest BCUT2D eigenvalue weighted by Gasteiger charge is 2.36. The van der Waals surface area contributed by atoms with Gasteiger partial charge in [0.2, 0.25) is 0 Å². The molecule has 2 fully saturated rings. The first-order valence-electron chi connectivity index (χ1n) is 6.08. The molecule has 0 radical (unpaired) electrons. The molecule has 4 nitrogen and oxygen atoms in total. The minimum atomic E-state index is -0.0599. The number of morpholine rings is 1. The first-order chi connectivity index (χ1) is 7.70. The monoisotopic (exact) mass is 246 g/mol. The molecule has 0 spiro atoms. The van der Waals surface area contributed by atoms with Crippen molar-refractivity contribution < 1.29 is 9.53 Å². The molecule has 16 heavy (non-hydrogen) atoms. The zero-order chi connectivity index (χ0) is 11.5. The Labute approximate surface area is 102 Å². The highest BCUT2D eigenvalue weighted by Crippen LogP contribution is 2.27. The molecule has 2 atom stereocenters. The fourth-order valence-electron chi connectivity index (χ4n) is 2.32. The maximum absolute atomic E-state index is 12.0. The molecule has 2 aliphatic heterocycles. The standard InChI is InChI=1S/C11H19ClN2O2/c1-2-3-6-14(12)11(15)13-7-9-4-5-10(8-13)16-9/h9-10H,2-8H2,1H3. The van der Waals surface area contributed by atoms with Gasteiger partial charge in [0, 0.05) is 31.4 Å². The molecule has 2 unspecified atom stereocenters. The van der Waals surface area contributed by atoms with Crippen molar-refractivity contribution in [1.82, 2.24) is 9.32 Å². The summed E-state index contributed by atoms with van der Waals surface area (Å²) in [5, 5.41) is 0. The van der Waals surface area contributed by atoms with Gasteiger partial charge in [0.15, 0.2) is 0 Å². The number of likely N-dealkylation sites (tertiary alicyclic amines) is 1. The molecular weight excluding hydrogens is 228 g/mol. The molecule has 2 rings (SSSR count). The number of rotatable bonds is 3. The first-order valence-corrected chi connectivity index (χ1v) is 6.42. The van der Waals surface area contributed by atoms with E-state index in [1.165, 1.54) is 4.42 Å². The van der Waals surface area contributed by atoms with Gasteiger partial charge in [-0.3, -0.25) is 0 Å². The lowest BCUT2D eigenvalue weighted by Gasteiger charge is -2.33. The number of halogens is 1. The van der Waals surface area contributed by atoms with E-state index in [2.05, 4.69) is 6.92 Å². The van der Waals surface area contributed by atoms with Crippen LogP contribution in [0.1, 0.15) is 32.6 Å². The quantitative estimate of drug-likeness (QED) is 0.716. The van der Waals surface area contributed by atoms with Crippen LogP contribution in [0.2, 0.25) is 0 Å². The smallest absolute Gasteiger partial charge is 0.334 e. The van der Waals surface area contributed by atoms with E-state index in [0.29, 0.717) is 19.6 Å². The molecule has 5 heteroatoms. The minimum absolute atomic E-state index is 0.0599. The summed E-state index contributed by atoms with van der Waals surface area (Å²) >= 11 is 5.96. The number of ether oxygens (including phenoxy) is 1. The summed E-state index contributed by atoms with van der Waals surface area (Å²) in [7, 11) is 0. The second-order valence-electron chi connectivity index (χ2n) is 4.58. The Hall–Kier alpha value is -0.480. The second-order valence-corrected chi connectivity index (χ2v) is 4.99. The van der Waals surface area contributed by atoms with Gasteiger partial charge in [0.25, 0.3) is 0 Å². The number of urea groups is 1. The van der Waals surface area contributed by atoms with Crippen LogP contribution in [0.3, 0.4) is 0 Å². The van der Waals surface area contributed by atoms with Gasteiger partial charge in [-0.05, 0) is 19.3 Å². The van der Waals surface area contributed by atoms with Crippen LogP contribution in [0.15, 0.2) is 0 Å². The van der Waals surface area contributed by atoms with Gasteiger partial charge in [0.1, 0.15) is 0 Å². The van der Waals surface area contributed by atoms with E-state index < -0.39 is 0 Å². The molecule has 2 bridgehead atoms. The van der Waals surface area contributed by atoms with Crippen molar-refractivity contribution >= 4 is 17.8 Å². The molecule has 2 amide bonds. The van der Waals surface area contributed by atoms with Crippen LogP contribution in [0, 0.1) is 0 Å². The molecule has 0 aromatic carbocycles. The number of carbonyl (C=O) groups excluding carboxylic acids is 1. The number of amides is 2. The third-order valence-corrected chi connectivity index (χ3v) is 3.54. The third-order valence-electron chi connectivity index (χ3n) is 3.23. The maximum atomic E-state index is 12.0. The van der Waals surface area contributed by atoms with Crippen LogP contribution in [0.25, 0.3) is 0 Å². The van der Waals surface area contributed by atoms with E-state index in [1.54, 1.807) is 0 Å². The Balaban J connectivity index is 1.85. The second kappa shape index (κ2) is 5.23. The zero-order valence-electron chi connectivity index (χ0n) is 9.69. The Kier molecular flexibility index (Phi) is 3.92. The lowest BCUT2D eigenvalue weighted by Crippen LogP contribution is -2.49. The number of nitrogens with zero attached hydrogens (tertiary/aromatic N) is 2. The molecular formula is C11H19ClN2O2. The molecule has 2 heterocycles. The van der Waals surface area contributed by atoms with E-state index in [-0.39, 0.29) is 18.2 Å². The summed E-state index contributed by atoms with van der Waals surface area (Å²) in [5.74, 6) is 0. The molecule has 0 saturated carbocycles. The summed E-state index contributed by atoms with van der Waals surface area (Å²) in [6.07, 6.45) is 4.62. The highest BCUT2D eigenvalue weighted by atomic mass is 35.5. The summed E-state index contributed by atoms with van der Waals surface area (Å²) in [5.41, 5.74) is 0. The van der Waals surface area contributed by atoms with E-state index in [0.717, 1.165) is 25.7 Å². The van der Waals surface area contributed by atoms with E-state index in [9.17, 15) is 4.79 Å². The van der Waals surface area contributed by atoms with E-state index in [1.807, 2.05) is 4.90 Å². The summed E-state index contributed by atoms with van der Waals surface area (Å²) < 4.78 is 7.00. The summed E-state index contributed by atoms with van der Waals surface area (Å²) in [6.45, 7) is 4.11. The predicted molar refractivity (Wildman–Crippen MR) is 62.3 cm³/mol. The Morgan fingerprint density at radius 1 is 1.44 bits per heavy atom. The van der Waals surface area contributed by atoms with Gasteiger partial charge in [-0.2, -0.15) is 0 Å². The molecule has 0 N–H and O–H groups in total. The van der Waals surface area contributed by atoms with Crippen molar-refractivity contribution in [3.63, 3.8) is 0 Å². The van der Waals surface area contributed by atoms with Gasteiger partial charge in [-0.15, -0.1) is 0 Å². The average Bonchev–Trinajstić information content (AvgIpc) is 2.64. The summed E-state index contributed by atoms with van der Waals surface area (Å²) in [6, 6.07) is -0.0599. The van der Waals surface area contributed by atoms with Gasteiger partial charge in [-0.25, -0.2) is 9.21 Å². The predicted octanol–water partition coefficient (Wildman–Crippen LogP) is 2.23. The van der Waals surface area contributed by atoms with Crippen LogP contribution in [0.5, 0.6) is 0 Å². The largest absolute Gasteiger partial charge is 0.371 e. The fourth-order valence-corrected chi connectivity index (χ4v) is 2.54. The zero-order valence-corrected chi connectivity index (χ0v) is 10.4. The normalized spacial score (nSPS) is 28.2.